The van der Waals surface area contributed by atoms with Gasteiger partial charge in [-0.2, -0.15) is 5.10 Å². The van der Waals surface area contributed by atoms with E-state index in [1.807, 2.05) is 13.0 Å². The Morgan fingerprint density at radius 1 is 0.875 bits per heavy atom. The highest BCUT2D eigenvalue weighted by atomic mass is 15.3. The van der Waals surface area contributed by atoms with Crippen LogP contribution in [-0.4, -0.2) is 46.3 Å². The molecule has 2 unspecified atom stereocenters. The van der Waals surface area contributed by atoms with Gasteiger partial charge >= 0.3 is 0 Å². The smallest absolute Gasteiger partial charge is 0.151 e. The third-order valence-electron chi connectivity index (χ3n) is 5.59. The van der Waals surface area contributed by atoms with Crippen LogP contribution in [0.25, 0.3) is 0 Å². The molecule has 4 heterocycles. The summed E-state index contributed by atoms with van der Waals surface area (Å²) in [7, 11) is 0. The molecule has 6 heteroatoms. The molecule has 0 bridgehead atoms. The zero-order chi connectivity index (χ0) is 16.1. The van der Waals surface area contributed by atoms with Crippen LogP contribution in [0.1, 0.15) is 30.1 Å². The van der Waals surface area contributed by atoms with Gasteiger partial charge in [0.15, 0.2) is 5.82 Å². The number of anilines is 2. The van der Waals surface area contributed by atoms with Crippen LogP contribution in [0.3, 0.4) is 0 Å². The normalized spacial score (nSPS) is 26.0. The molecule has 2 aliphatic heterocycles. The van der Waals surface area contributed by atoms with E-state index in [9.17, 15) is 0 Å². The minimum Gasteiger partial charge on any atom is -0.356 e. The molecule has 0 aromatic carbocycles. The summed E-state index contributed by atoms with van der Waals surface area (Å²) in [5.74, 6) is 4.19. The first-order valence-corrected chi connectivity index (χ1v) is 8.88. The molecule has 6 nitrogen and oxygen atoms in total. The Kier molecular flexibility index (Phi) is 3.18. The standard InChI is InChI=1S/C18H22N6/c1-12-2-5-17(22-21-12)23-7-14-9-24(10-15(14)8-23)18-6-16(13-3-4-13)19-11-20-18/h2,5-6,11,13-15H,3-4,7-10H2,1H3. The zero-order valence-corrected chi connectivity index (χ0v) is 14.0. The van der Waals surface area contributed by atoms with Crippen molar-refractivity contribution in [2.45, 2.75) is 25.7 Å². The van der Waals surface area contributed by atoms with Crippen LogP contribution in [0.5, 0.6) is 0 Å². The predicted octanol–water partition coefficient (Wildman–Crippen LogP) is 2.03. The van der Waals surface area contributed by atoms with Crippen LogP contribution >= 0.6 is 0 Å². The molecule has 2 saturated heterocycles. The fourth-order valence-corrected chi connectivity index (χ4v) is 4.06. The van der Waals surface area contributed by atoms with Crippen LogP contribution in [0.4, 0.5) is 11.6 Å². The van der Waals surface area contributed by atoms with Gasteiger partial charge < -0.3 is 9.80 Å². The lowest BCUT2D eigenvalue weighted by Gasteiger charge is -2.23. The molecule has 5 rings (SSSR count). The van der Waals surface area contributed by atoms with E-state index in [-0.39, 0.29) is 0 Å². The maximum atomic E-state index is 4.52. The largest absolute Gasteiger partial charge is 0.356 e. The maximum Gasteiger partial charge on any atom is 0.151 e. The van der Waals surface area contributed by atoms with E-state index in [4.69, 9.17) is 0 Å². The Hall–Kier alpha value is -2.24. The van der Waals surface area contributed by atoms with Crippen molar-refractivity contribution < 1.29 is 0 Å². The van der Waals surface area contributed by atoms with E-state index in [1.54, 1.807) is 6.33 Å². The second-order valence-electron chi connectivity index (χ2n) is 7.44. The van der Waals surface area contributed by atoms with Crippen molar-refractivity contribution in [1.82, 2.24) is 20.2 Å². The van der Waals surface area contributed by atoms with Gasteiger partial charge in [-0.15, -0.1) is 5.10 Å². The summed E-state index contributed by atoms with van der Waals surface area (Å²) in [4.78, 5) is 13.8. The molecule has 1 saturated carbocycles. The Bertz CT molecular complexity index is 727. The monoisotopic (exact) mass is 322 g/mol. The SMILES string of the molecule is Cc1ccc(N2CC3CN(c4cc(C5CC5)ncn4)CC3C2)nn1. The first kappa shape index (κ1) is 14.1. The molecule has 3 aliphatic rings. The molecule has 1 aliphatic carbocycles. The molecule has 2 aromatic heterocycles. The van der Waals surface area contributed by atoms with Gasteiger partial charge in [0.05, 0.1) is 5.69 Å². The number of fused-ring (bicyclic) bond motifs is 1. The molecule has 0 N–H and O–H groups in total. The second kappa shape index (κ2) is 5.40. The Balaban J connectivity index is 1.28. The Morgan fingerprint density at radius 3 is 2.21 bits per heavy atom. The lowest BCUT2D eigenvalue weighted by Crippen LogP contribution is -2.29. The molecule has 3 fully saturated rings. The zero-order valence-electron chi connectivity index (χ0n) is 14.0. The van der Waals surface area contributed by atoms with Gasteiger partial charge in [0.1, 0.15) is 12.1 Å². The summed E-state index contributed by atoms with van der Waals surface area (Å²) in [5, 5.41) is 8.54. The van der Waals surface area contributed by atoms with Crippen LogP contribution in [-0.2, 0) is 0 Å². The third-order valence-corrected chi connectivity index (χ3v) is 5.59. The molecule has 0 spiro atoms. The average Bonchev–Trinajstić information content (AvgIpc) is 3.26. The first-order valence-electron chi connectivity index (χ1n) is 8.88. The number of rotatable bonds is 3. The second-order valence-corrected chi connectivity index (χ2v) is 7.44. The van der Waals surface area contributed by atoms with Crippen molar-refractivity contribution in [3.63, 3.8) is 0 Å². The van der Waals surface area contributed by atoms with Crippen LogP contribution < -0.4 is 9.80 Å². The van der Waals surface area contributed by atoms with Crippen molar-refractivity contribution in [2.75, 3.05) is 36.0 Å². The maximum absolute atomic E-state index is 4.52. The number of aromatic nitrogens is 4. The summed E-state index contributed by atoms with van der Waals surface area (Å²) < 4.78 is 0. The molecule has 124 valence electrons. The highest BCUT2D eigenvalue weighted by molar-refractivity contribution is 5.45. The summed E-state index contributed by atoms with van der Waals surface area (Å²) in [5.41, 5.74) is 2.20. The van der Waals surface area contributed by atoms with E-state index in [1.165, 1.54) is 18.5 Å². The van der Waals surface area contributed by atoms with Crippen LogP contribution in [0.2, 0.25) is 0 Å². The number of hydrogen-bond acceptors (Lipinski definition) is 6. The van der Waals surface area contributed by atoms with E-state index in [0.717, 1.165) is 43.5 Å². The topological polar surface area (TPSA) is 58.0 Å². The summed E-state index contributed by atoms with van der Waals surface area (Å²) in [6.45, 7) is 6.28. The number of aryl methyl sites for hydroxylation is 1. The molecular weight excluding hydrogens is 300 g/mol. The third kappa shape index (κ3) is 2.50. The van der Waals surface area contributed by atoms with Crippen LogP contribution in [0, 0.1) is 18.8 Å². The number of hydrogen-bond donors (Lipinski definition) is 0. The lowest BCUT2D eigenvalue weighted by molar-refractivity contribution is 0.533. The summed E-state index contributed by atoms with van der Waals surface area (Å²) >= 11 is 0. The lowest BCUT2D eigenvalue weighted by atomic mass is 10.0. The molecule has 0 radical (unpaired) electrons. The fraction of sp³-hybridized carbons (Fsp3) is 0.556. The van der Waals surface area contributed by atoms with Gasteiger partial charge in [-0.3, -0.25) is 0 Å². The molecule has 2 aromatic rings. The van der Waals surface area contributed by atoms with Gasteiger partial charge in [-0.25, -0.2) is 9.97 Å². The van der Waals surface area contributed by atoms with E-state index < -0.39 is 0 Å². The van der Waals surface area contributed by atoms with Gasteiger partial charge in [-0.05, 0) is 31.9 Å². The van der Waals surface area contributed by atoms with Gasteiger partial charge in [0.2, 0.25) is 0 Å². The summed E-state index contributed by atoms with van der Waals surface area (Å²) in [6, 6.07) is 6.35. The Labute approximate surface area is 141 Å². The Morgan fingerprint density at radius 2 is 1.58 bits per heavy atom. The van der Waals surface area contributed by atoms with Crippen LogP contribution in [0.15, 0.2) is 24.5 Å². The van der Waals surface area contributed by atoms with Gasteiger partial charge in [0, 0.05) is 55.7 Å². The average molecular weight is 322 g/mol. The fourth-order valence-electron chi connectivity index (χ4n) is 4.06. The summed E-state index contributed by atoms with van der Waals surface area (Å²) in [6.07, 6.45) is 4.31. The number of nitrogens with zero attached hydrogens (tertiary/aromatic N) is 6. The minimum absolute atomic E-state index is 0.685. The van der Waals surface area contributed by atoms with Crippen molar-refractivity contribution in [2.24, 2.45) is 11.8 Å². The molecule has 2 atom stereocenters. The predicted molar refractivity (Wildman–Crippen MR) is 92.2 cm³/mol. The highest BCUT2D eigenvalue weighted by Gasteiger charge is 2.41. The van der Waals surface area contributed by atoms with E-state index in [2.05, 4.69) is 42.1 Å². The molecule has 24 heavy (non-hydrogen) atoms. The molecule has 0 amide bonds. The van der Waals surface area contributed by atoms with E-state index >= 15 is 0 Å². The molecular formula is C18H22N6. The van der Waals surface area contributed by atoms with Crippen molar-refractivity contribution in [1.29, 1.82) is 0 Å². The van der Waals surface area contributed by atoms with Gasteiger partial charge in [-0.1, -0.05) is 0 Å². The van der Waals surface area contributed by atoms with Gasteiger partial charge in [0.25, 0.3) is 0 Å². The minimum atomic E-state index is 0.685. The van der Waals surface area contributed by atoms with Crippen molar-refractivity contribution in [3.05, 3.63) is 35.9 Å². The first-order chi connectivity index (χ1) is 11.8. The van der Waals surface area contributed by atoms with Crippen molar-refractivity contribution >= 4 is 11.6 Å². The van der Waals surface area contributed by atoms with Crippen molar-refractivity contribution in [3.8, 4) is 0 Å². The van der Waals surface area contributed by atoms with E-state index in [0.29, 0.717) is 17.8 Å². The quantitative estimate of drug-likeness (QED) is 0.862. The highest BCUT2D eigenvalue weighted by Crippen LogP contribution is 2.40.